The van der Waals surface area contributed by atoms with Gasteiger partial charge in [0, 0.05) is 23.9 Å². The highest BCUT2D eigenvalue weighted by Crippen LogP contribution is 2.23. The molecule has 3 aromatic rings. The molecule has 0 bridgehead atoms. The van der Waals surface area contributed by atoms with Crippen LogP contribution in [0.25, 0.3) is 0 Å². The van der Waals surface area contributed by atoms with Crippen molar-refractivity contribution in [3.63, 3.8) is 0 Å². The van der Waals surface area contributed by atoms with Crippen molar-refractivity contribution in [1.29, 1.82) is 0 Å². The van der Waals surface area contributed by atoms with E-state index in [9.17, 15) is 14.0 Å². The van der Waals surface area contributed by atoms with Crippen molar-refractivity contribution in [3.05, 3.63) is 87.0 Å². The Hall–Kier alpha value is -2.93. The van der Waals surface area contributed by atoms with Gasteiger partial charge in [-0.15, -0.1) is 0 Å². The van der Waals surface area contributed by atoms with Gasteiger partial charge in [-0.1, -0.05) is 36.0 Å². The van der Waals surface area contributed by atoms with Gasteiger partial charge in [0.25, 0.3) is 5.56 Å². The Balaban J connectivity index is 1.73. The van der Waals surface area contributed by atoms with Crippen LogP contribution in [0.2, 0.25) is 0 Å². The van der Waals surface area contributed by atoms with E-state index in [2.05, 4.69) is 4.98 Å². The number of ether oxygens (including phenoxy) is 1. The molecule has 7 heteroatoms. The number of carbonyl (C=O) groups is 1. The van der Waals surface area contributed by atoms with E-state index in [1.165, 1.54) is 47.7 Å². The Kier molecular flexibility index (Phi) is 5.94. The highest BCUT2D eigenvalue weighted by Gasteiger charge is 2.13. The molecule has 1 heterocycles. The molecule has 0 atom stereocenters. The fraction of sp³-hybridized carbons (Fsp3) is 0.190. The van der Waals surface area contributed by atoms with Crippen LogP contribution in [-0.4, -0.2) is 22.4 Å². The zero-order valence-electron chi connectivity index (χ0n) is 15.7. The van der Waals surface area contributed by atoms with E-state index in [0.29, 0.717) is 33.5 Å². The van der Waals surface area contributed by atoms with Crippen LogP contribution in [0.4, 0.5) is 4.39 Å². The second-order valence-electron chi connectivity index (χ2n) is 6.21. The minimum Gasteiger partial charge on any atom is -0.481 e. The van der Waals surface area contributed by atoms with Crippen molar-refractivity contribution in [1.82, 2.24) is 9.55 Å². The lowest BCUT2D eigenvalue weighted by molar-refractivity contribution is 0.103. The fourth-order valence-corrected chi connectivity index (χ4v) is 3.58. The van der Waals surface area contributed by atoms with Gasteiger partial charge in [0.15, 0.2) is 10.9 Å². The summed E-state index contributed by atoms with van der Waals surface area (Å²) in [5.74, 6) is 0.370. The van der Waals surface area contributed by atoms with Gasteiger partial charge in [0.05, 0.1) is 12.7 Å². The molecule has 0 saturated carbocycles. The number of nitrogens with zero attached hydrogens (tertiary/aromatic N) is 2. The predicted molar refractivity (Wildman–Crippen MR) is 107 cm³/mol. The van der Waals surface area contributed by atoms with Crippen molar-refractivity contribution in [2.75, 3.05) is 7.11 Å². The number of benzene rings is 2. The van der Waals surface area contributed by atoms with E-state index in [-0.39, 0.29) is 17.2 Å². The summed E-state index contributed by atoms with van der Waals surface area (Å²) in [6.07, 6.45) is 0. The number of halogens is 1. The maximum absolute atomic E-state index is 13.0. The zero-order chi connectivity index (χ0) is 20.3. The Bertz CT molecular complexity index is 1060. The lowest BCUT2D eigenvalue weighted by Crippen LogP contribution is -2.23. The normalized spacial score (nSPS) is 10.7. The summed E-state index contributed by atoms with van der Waals surface area (Å²) in [5, 5.41) is 0.555. The lowest BCUT2D eigenvalue weighted by atomic mass is 10.0. The standard InChI is InChI=1S/C21H19FN2O3S/c1-13-19(27-3)23-21(24(2)20(13)26)28-12-14-4-6-15(7-5-14)18(25)16-8-10-17(22)11-9-16/h4-11H,12H2,1-3H3. The predicted octanol–water partition coefficient (Wildman–Crippen LogP) is 3.76. The van der Waals surface area contributed by atoms with Crippen molar-refractivity contribution in [3.8, 4) is 5.88 Å². The average Bonchev–Trinajstić information content (AvgIpc) is 2.72. The molecule has 0 aliphatic rings. The van der Waals surface area contributed by atoms with Crippen LogP contribution in [0, 0.1) is 12.7 Å². The molecule has 0 N–H and O–H groups in total. The van der Waals surface area contributed by atoms with Gasteiger partial charge >= 0.3 is 0 Å². The van der Waals surface area contributed by atoms with Crippen molar-refractivity contribution in [2.24, 2.45) is 7.05 Å². The number of methoxy groups -OCH3 is 1. The maximum Gasteiger partial charge on any atom is 0.260 e. The molecule has 5 nitrogen and oxygen atoms in total. The molecule has 0 radical (unpaired) electrons. The maximum atomic E-state index is 13.0. The van der Waals surface area contributed by atoms with E-state index in [0.717, 1.165) is 5.56 Å². The van der Waals surface area contributed by atoms with Gasteiger partial charge in [-0.2, -0.15) is 4.98 Å². The molecule has 0 amide bonds. The minimum atomic E-state index is -0.375. The molecule has 28 heavy (non-hydrogen) atoms. The monoisotopic (exact) mass is 398 g/mol. The third-order valence-corrected chi connectivity index (χ3v) is 5.42. The number of hydrogen-bond acceptors (Lipinski definition) is 5. The molecule has 144 valence electrons. The quantitative estimate of drug-likeness (QED) is 0.359. The Morgan fingerprint density at radius 1 is 1.11 bits per heavy atom. The minimum absolute atomic E-state index is 0.144. The van der Waals surface area contributed by atoms with E-state index in [4.69, 9.17) is 4.74 Å². The van der Waals surface area contributed by atoms with Gasteiger partial charge in [-0.25, -0.2) is 4.39 Å². The first-order valence-electron chi connectivity index (χ1n) is 8.54. The number of carbonyl (C=O) groups excluding carboxylic acids is 1. The van der Waals surface area contributed by atoms with Gasteiger partial charge in [0.2, 0.25) is 5.88 Å². The summed E-state index contributed by atoms with van der Waals surface area (Å²) in [5.41, 5.74) is 2.28. The summed E-state index contributed by atoms with van der Waals surface area (Å²) in [4.78, 5) is 29.0. The van der Waals surface area contributed by atoms with E-state index >= 15 is 0 Å². The van der Waals surface area contributed by atoms with Crippen molar-refractivity contribution >= 4 is 17.5 Å². The molecule has 0 saturated heterocycles. The Labute approximate surface area is 166 Å². The Morgan fingerprint density at radius 2 is 1.68 bits per heavy atom. The SMILES string of the molecule is COc1nc(SCc2ccc(C(=O)c3ccc(F)cc3)cc2)n(C)c(=O)c1C. The summed E-state index contributed by atoms with van der Waals surface area (Å²) >= 11 is 1.41. The first-order chi connectivity index (χ1) is 13.4. The summed E-state index contributed by atoms with van der Waals surface area (Å²) in [6, 6.07) is 12.7. The highest BCUT2D eigenvalue weighted by molar-refractivity contribution is 7.98. The summed E-state index contributed by atoms with van der Waals surface area (Å²) < 4.78 is 19.7. The van der Waals surface area contributed by atoms with Crippen LogP contribution >= 0.6 is 11.8 Å². The summed E-state index contributed by atoms with van der Waals surface area (Å²) in [6.45, 7) is 1.68. The van der Waals surface area contributed by atoms with Gasteiger partial charge in [-0.05, 0) is 36.8 Å². The lowest BCUT2D eigenvalue weighted by Gasteiger charge is -2.11. The van der Waals surface area contributed by atoms with E-state index < -0.39 is 0 Å². The van der Waals surface area contributed by atoms with E-state index in [1.54, 1.807) is 26.1 Å². The molecular formula is C21H19FN2O3S. The average molecular weight is 398 g/mol. The first kappa shape index (κ1) is 19.8. The van der Waals surface area contributed by atoms with Gasteiger partial charge in [-0.3, -0.25) is 14.2 Å². The molecule has 2 aromatic carbocycles. The number of aromatic nitrogens is 2. The molecule has 1 aromatic heterocycles. The van der Waals surface area contributed by atoms with Gasteiger partial charge in [0.1, 0.15) is 5.82 Å². The second kappa shape index (κ2) is 8.39. The highest BCUT2D eigenvalue weighted by atomic mass is 32.2. The first-order valence-corrected chi connectivity index (χ1v) is 9.53. The van der Waals surface area contributed by atoms with Crippen LogP contribution in [0.5, 0.6) is 5.88 Å². The number of hydrogen-bond donors (Lipinski definition) is 0. The topological polar surface area (TPSA) is 61.2 Å². The van der Waals surface area contributed by atoms with Crippen LogP contribution in [0.1, 0.15) is 27.0 Å². The number of ketones is 1. The fourth-order valence-electron chi connectivity index (χ4n) is 2.67. The van der Waals surface area contributed by atoms with Crippen LogP contribution < -0.4 is 10.3 Å². The molecule has 0 unspecified atom stereocenters. The second-order valence-corrected chi connectivity index (χ2v) is 7.16. The van der Waals surface area contributed by atoms with E-state index in [1.807, 2.05) is 12.1 Å². The number of rotatable bonds is 6. The van der Waals surface area contributed by atoms with Crippen molar-refractivity contribution < 1.29 is 13.9 Å². The largest absolute Gasteiger partial charge is 0.481 e. The number of thioether (sulfide) groups is 1. The van der Waals surface area contributed by atoms with Crippen LogP contribution in [-0.2, 0) is 12.8 Å². The molecule has 0 spiro atoms. The molecule has 0 aliphatic heterocycles. The molecule has 0 aliphatic carbocycles. The zero-order valence-corrected chi connectivity index (χ0v) is 16.5. The van der Waals surface area contributed by atoms with Gasteiger partial charge < -0.3 is 4.74 Å². The van der Waals surface area contributed by atoms with Crippen LogP contribution in [0.3, 0.4) is 0 Å². The smallest absolute Gasteiger partial charge is 0.260 e. The third-order valence-electron chi connectivity index (χ3n) is 4.31. The third kappa shape index (κ3) is 4.14. The van der Waals surface area contributed by atoms with Crippen molar-refractivity contribution in [2.45, 2.75) is 17.8 Å². The molecule has 0 fully saturated rings. The summed E-state index contributed by atoms with van der Waals surface area (Å²) in [7, 11) is 3.16. The Morgan fingerprint density at radius 3 is 2.25 bits per heavy atom. The van der Waals surface area contributed by atoms with Crippen LogP contribution in [0.15, 0.2) is 58.5 Å². The molecule has 3 rings (SSSR count). The molecular weight excluding hydrogens is 379 g/mol.